The van der Waals surface area contributed by atoms with Crippen LogP contribution in [0.1, 0.15) is 38.3 Å². The molecule has 0 fully saturated rings. The van der Waals surface area contributed by atoms with E-state index in [1.807, 2.05) is 17.8 Å². The zero-order valence-electron chi connectivity index (χ0n) is 12.3. The number of ether oxygens (including phenoxy) is 1. The van der Waals surface area contributed by atoms with Crippen LogP contribution in [0.5, 0.6) is 0 Å². The zero-order valence-corrected chi connectivity index (χ0v) is 13.9. The topological polar surface area (TPSA) is 21.3 Å². The van der Waals surface area contributed by atoms with Gasteiger partial charge in [-0.3, -0.25) is 0 Å². The van der Waals surface area contributed by atoms with E-state index in [1.54, 1.807) is 0 Å². The third kappa shape index (κ3) is 4.96. The second-order valence-corrected chi connectivity index (χ2v) is 7.19. The van der Waals surface area contributed by atoms with E-state index in [1.165, 1.54) is 16.2 Å². The van der Waals surface area contributed by atoms with Crippen molar-refractivity contribution < 1.29 is 4.74 Å². The molecule has 0 saturated heterocycles. The van der Waals surface area contributed by atoms with Gasteiger partial charge >= 0.3 is 0 Å². The highest BCUT2D eigenvalue weighted by Gasteiger charge is 2.20. The smallest absolute Gasteiger partial charge is 0.0591 e. The molecule has 1 aromatic carbocycles. The number of thioether (sulfide) groups is 1. The van der Waals surface area contributed by atoms with Crippen molar-refractivity contribution in [1.29, 1.82) is 0 Å². The molecule has 112 valence electrons. The van der Waals surface area contributed by atoms with Crippen LogP contribution in [0, 0.1) is 5.92 Å². The lowest BCUT2D eigenvalue weighted by Crippen LogP contribution is -2.28. The lowest BCUT2D eigenvalue weighted by atomic mass is 10.0. The van der Waals surface area contributed by atoms with Crippen LogP contribution in [0.2, 0.25) is 5.02 Å². The standard InChI is InChI=1S/C16H24ClNOS/c1-12(2)5-8-19-9-7-18-15-6-10-20-16-4-3-13(17)11-14(15)16/h3-4,11-12,15,18H,5-10H2,1-2H3. The molecule has 0 radical (unpaired) electrons. The van der Waals surface area contributed by atoms with Gasteiger partial charge in [0.1, 0.15) is 0 Å². The number of hydrogen-bond acceptors (Lipinski definition) is 3. The van der Waals surface area contributed by atoms with Gasteiger partial charge in [0.15, 0.2) is 0 Å². The highest BCUT2D eigenvalue weighted by atomic mass is 35.5. The Hall–Kier alpha value is -0.220. The summed E-state index contributed by atoms with van der Waals surface area (Å²) >= 11 is 8.03. The molecule has 2 rings (SSSR count). The minimum atomic E-state index is 0.415. The van der Waals surface area contributed by atoms with Crippen molar-refractivity contribution in [3.05, 3.63) is 28.8 Å². The van der Waals surface area contributed by atoms with Gasteiger partial charge in [0.2, 0.25) is 0 Å². The molecule has 0 spiro atoms. The highest BCUT2D eigenvalue weighted by molar-refractivity contribution is 7.99. The van der Waals surface area contributed by atoms with Gasteiger partial charge in [-0.2, -0.15) is 0 Å². The number of halogens is 1. The number of nitrogens with one attached hydrogen (secondary N) is 1. The quantitative estimate of drug-likeness (QED) is 0.747. The SMILES string of the molecule is CC(C)CCOCCNC1CCSc2ccc(Cl)cc21. The first-order chi connectivity index (χ1) is 9.66. The van der Waals surface area contributed by atoms with Crippen LogP contribution < -0.4 is 5.32 Å². The first-order valence-electron chi connectivity index (χ1n) is 7.40. The summed E-state index contributed by atoms with van der Waals surface area (Å²) in [5.41, 5.74) is 1.34. The van der Waals surface area contributed by atoms with Crippen molar-refractivity contribution in [2.45, 2.75) is 37.6 Å². The Bertz CT molecular complexity index is 425. The predicted molar refractivity (Wildman–Crippen MR) is 87.8 cm³/mol. The van der Waals surface area contributed by atoms with Crippen molar-refractivity contribution in [3.8, 4) is 0 Å². The Labute approximate surface area is 131 Å². The van der Waals surface area contributed by atoms with Crippen LogP contribution in [0.4, 0.5) is 0 Å². The van der Waals surface area contributed by atoms with Crippen LogP contribution >= 0.6 is 23.4 Å². The maximum absolute atomic E-state index is 6.11. The normalized spacial score (nSPS) is 18.3. The van der Waals surface area contributed by atoms with Crippen LogP contribution in [0.15, 0.2) is 23.1 Å². The Balaban J connectivity index is 1.76. The van der Waals surface area contributed by atoms with Gasteiger partial charge in [0.25, 0.3) is 0 Å². The summed E-state index contributed by atoms with van der Waals surface area (Å²) in [5, 5.41) is 4.42. The van der Waals surface area contributed by atoms with Crippen molar-refractivity contribution in [1.82, 2.24) is 5.32 Å². The van der Waals surface area contributed by atoms with Crippen molar-refractivity contribution in [2.24, 2.45) is 5.92 Å². The largest absolute Gasteiger partial charge is 0.380 e. The van der Waals surface area contributed by atoms with E-state index in [2.05, 4.69) is 31.3 Å². The van der Waals surface area contributed by atoms with E-state index < -0.39 is 0 Å². The minimum absolute atomic E-state index is 0.415. The molecule has 0 aliphatic carbocycles. The number of fused-ring (bicyclic) bond motifs is 1. The van der Waals surface area contributed by atoms with E-state index >= 15 is 0 Å². The molecule has 1 aliphatic heterocycles. The van der Waals surface area contributed by atoms with Gasteiger partial charge in [-0.1, -0.05) is 25.4 Å². The van der Waals surface area contributed by atoms with Crippen LogP contribution in [0.25, 0.3) is 0 Å². The fraction of sp³-hybridized carbons (Fsp3) is 0.625. The lowest BCUT2D eigenvalue weighted by molar-refractivity contribution is 0.123. The molecular weight excluding hydrogens is 290 g/mol. The van der Waals surface area contributed by atoms with Crippen molar-refractivity contribution in [2.75, 3.05) is 25.5 Å². The Morgan fingerprint density at radius 2 is 2.25 bits per heavy atom. The molecule has 2 nitrogen and oxygen atoms in total. The van der Waals surface area contributed by atoms with Gasteiger partial charge < -0.3 is 10.1 Å². The summed E-state index contributed by atoms with van der Waals surface area (Å²) in [7, 11) is 0. The third-order valence-electron chi connectivity index (χ3n) is 3.49. The zero-order chi connectivity index (χ0) is 14.4. The molecule has 20 heavy (non-hydrogen) atoms. The van der Waals surface area contributed by atoms with E-state index in [-0.39, 0.29) is 0 Å². The first-order valence-corrected chi connectivity index (χ1v) is 8.76. The van der Waals surface area contributed by atoms with Crippen LogP contribution in [-0.2, 0) is 4.74 Å². The molecule has 0 amide bonds. The molecule has 1 aliphatic rings. The van der Waals surface area contributed by atoms with Gasteiger partial charge in [-0.25, -0.2) is 0 Å². The van der Waals surface area contributed by atoms with Crippen molar-refractivity contribution >= 4 is 23.4 Å². The van der Waals surface area contributed by atoms with Gasteiger partial charge in [0.05, 0.1) is 6.61 Å². The highest BCUT2D eigenvalue weighted by Crippen LogP contribution is 2.37. The average molecular weight is 314 g/mol. The fourth-order valence-corrected chi connectivity index (χ4v) is 3.59. The molecule has 1 unspecified atom stereocenters. The molecular formula is C16H24ClNOS. The number of rotatable bonds is 7. The first kappa shape index (κ1) is 16.2. The summed E-state index contributed by atoms with van der Waals surface area (Å²) in [6.07, 6.45) is 2.29. The molecule has 0 bridgehead atoms. The minimum Gasteiger partial charge on any atom is -0.380 e. The second-order valence-electron chi connectivity index (χ2n) is 5.62. The summed E-state index contributed by atoms with van der Waals surface area (Å²) < 4.78 is 5.65. The van der Waals surface area contributed by atoms with E-state index in [4.69, 9.17) is 16.3 Å². The summed E-state index contributed by atoms with van der Waals surface area (Å²) in [6, 6.07) is 6.62. The second kappa shape index (κ2) is 8.28. The molecule has 1 atom stereocenters. The van der Waals surface area contributed by atoms with E-state index in [9.17, 15) is 0 Å². The fourth-order valence-electron chi connectivity index (χ4n) is 2.30. The Morgan fingerprint density at radius 1 is 1.40 bits per heavy atom. The number of benzene rings is 1. The van der Waals surface area contributed by atoms with E-state index in [0.29, 0.717) is 12.0 Å². The van der Waals surface area contributed by atoms with Gasteiger partial charge in [-0.15, -0.1) is 11.8 Å². The third-order valence-corrected chi connectivity index (χ3v) is 4.85. The molecule has 1 aromatic rings. The molecule has 4 heteroatoms. The van der Waals surface area contributed by atoms with Gasteiger partial charge in [-0.05, 0) is 48.3 Å². The van der Waals surface area contributed by atoms with E-state index in [0.717, 1.165) is 37.6 Å². The van der Waals surface area contributed by atoms with Crippen LogP contribution in [-0.4, -0.2) is 25.5 Å². The summed E-state index contributed by atoms with van der Waals surface area (Å²) in [6.45, 7) is 7.00. The monoisotopic (exact) mass is 313 g/mol. The average Bonchev–Trinajstić information content (AvgIpc) is 2.42. The lowest BCUT2D eigenvalue weighted by Gasteiger charge is -2.26. The Morgan fingerprint density at radius 3 is 3.05 bits per heavy atom. The van der Waals surface area contributed by atoms with Crippen LogP contribution in [0.3, 0.4) is 0 Å². The summed E-state index contributed by atoms with van der Waals surface area (Å²) in [5.74, 6) is 1.88. The Kier molecular flexibility index (Phi) is 6.69. The molecule has 0 saturated carbocycles. The maximum Gasteiger partial charge on any atom is 0.0591 e. The molecule has 0 aromatic heterocycles. The molecule has 1 heterocycles. The maximum atomic E-state index is 6.11. The molecule has 1 N–H and O–H groups in total. The number of hydrogen-bond donors (Lipinski definition) is 1. The summed E-state index contributed by atoms with van der Waals surface area (Å²) in [4.78, 5) is 1.36. The predicted octanol–water partition coefficient (Wildman–Crippen LogP) is 4.53. The van der Waals surface area contributed by atoms with Gasteiger partial charge in [0, 0.05) is 29.1 Å². The van der Waals surface area contributed by atoms with Crippen molar-refractivity contribution in [3.63, 3.8) is 0 Å².